The Balaban J connectivity index is 1.72. The molecule has 0 bridgehead atoms. The smallest absolute Gasteiger partial charge is 0.264 e. The lowest BCUT2D eigenvalue weighted by molar-refractivity contribution is 0.0927. The van der Waals surface area contributed by atoms with Gasteiger partial charge in [0.1, 0.15) is 0 Å². The second-order valence-electron chi connectivity index (χ2n) is 6.78. The van der Waals surface area contributed by atoms with Crippen LogP contribution in [0.4, 0.5) is 5.69 Å². The van der Waals surface area contributed by atoms with E-state index < -0.39 is 10.0 Å². The molecule has 1 amide bonds. The Morgan fingerprint density at radius 3 is 2.19 bits per heavy atom. The Morgan fingerprint density at radius 2 is 1.59 bits per heavy atom. The molecule has 0 radical (unpaired) electrons. The van der Waals surface area contributed by atoms with Gasteiger partial charge < -0.3 is 5.32 Å². The Bertz CT molecular complexity index is 890. The van der Waals surface area contributed by atoms with E-state index in [1.807, 2.05) is 0 Å². The van der Waals surface area contributed by atoms with Gasteiger partial charge in [0.15, 0.2) is 0 Å². The van der Waals surface area contributed by atoms with Gasteiger partial charge in [-0.05, 0) is 61.4 Å². The van der Waals surface area contributed by atoms with Gasteiger partial charge in [0, 0.05) is 23.7 Å². The van der Waals surface area contributed by atoms with Crippen LogP contribution >= 0.6 is 11.6 Å². The maximum absolute atomic E-state index is 12.7. The molecule has 2 aromatic carbocycles. The zero-order chi connectivity index (χ0) is 19.4. The summed E-state index contributed by atoms with van der Waals surface area (Å²) < 4.78 is 26.7. The van der Waals surface area contributed by atoms with E-state index in [2.05, 4.69) is 5.32 Å². The fourth-order valence-corrected chi connectivity index (χ4v) is 4.56. The first-order valence-corrected chi connectivity index (χ1v) is 10.8. The van der Waals surface area contributed by atoms with Crippen LogP contribution in [0.3, 0.4) is 0 Å². The molecule has 0 heterocycles. The minimum absolute atomic E-state index is 0.114. The van der Waals surface area contributed by atoms with E-state index in [0.717, 1.165) is 25.7 Å². The number of hydrogen-bond donors (Lipinski definition) is 1. The van der Waals surface area contributed by atoms with E-state index in [9.17, 15) is 13.2 Å². The summed E-state index contributed by atoms with van der Waals surface area (Å²) in [5.41, 5.74) is 1.01. The van der Waals surface area contributed by atoms with Crippen molar-refractivity contribution in [1.29, 1.82) is 0 Å². The van der Waals surface area contributed by atoms with Crippen LogP contribution in [0.25, 0.3) is 0 Å². The van der Waals surface area contributed by atoms with E-state index in [1.54, 1.807) is 36.4 Å². The number of nitrogens with zero attached hydrogens (tertiary/aromatic N) is 1. The number of halogens is 1. The molecule has 1 aliphatic rings. The predicted octanol–water partition coefficient (Wildman–Crippen LogP) is 4.23. The molecular formula is C20H23ClN2O3S. The Morgan fingerprint density at radius 1 is 1.00 bits per heavy atom. The number of anilines is 1. The van der Waals surface area contributed by atoms with Gasteiger partial charge in [-0.3, -0.25) is 9.10 Å². The van der Waals surface area contributed by atoms with Crippen molar-refractivity contribution in [2.24, 2.45) is 0 Å². The Hall–Kier alpha value is -2.05. The molecule has 1 fully saturated rings. The first kappa shape index (κ1) is 19.7. The number of nitrogens with one attached hydrogen (secondary N) is 1. The summed E-state index contributed by atoms with van der Waals surface area (Å²) in [6.45, 7) is 0. The molecule has 0 aliphatic heterocycles. The third-order valence-corrected chi connectivity index (χ3v) is 6.96. The molecule has 2 aromatic rings. The van der Waals surface area contributed by atoms with E-state index in [-0.39, 0.29) is 16.8 Å². The summed E-state index contributed by atoms with van der Waals surface area (Å²) in [5.74, 6) is -0.114. The van der Waals surface area contributed by atoms with E-state index in [1.165, 1.54) is 29.9 Å². The highest BCUT2D eigenvalue weighted by atomic mass is 35.5. The third-order valence-electron chi connectivity index (χ3n) is 4.91. The second-order valence-corrected chi connectivity index (χ2v) is 9.19. The Labute approximate surface area is 165 Å². The second kappa shape index (κ2) is 8.31. The third kappa shape index (κ3) is 4.62. The number of rotatable bonds is 5. The number of carbonyl (C=O) groups is 1. The maximum atomic E-state index is 12.7. The van der Waals surface area contributed by atoms with Gasteiger partial charge >= 0.3 is 0 Å². The van der Waals surface area contributed by atoms with Crippen LogP contribution < -0.4 is 9.62 Å². The predicted molar refractivity (Wildman–Crippen MR) is 108 cm³/mol. The average molecular weight is 407 g/mol. The van der Waals surface area contributed by atoms with Crippen LogP contribution in [0.5, 0.6) is 0 Å². The first-order chi connectivity index (χ1) is 12.9. The molecule has 0 unspecified atom stereocenters. The lowest BCUT2D eigenvalue weighted by Gasteiger charge is -2.23. The van der Waals surface area contributed by atoms with E-state index in [0.29, 0.717) is 16.3 Å². The first-order valence-electron chi connectivity index (χ1n) is 9.03. The number of benzene rings is 2. The van der Waals surface area contributed by atoms with Crippen LogP contribution in [0, 0.1) is 0 Å². The van der Waals surface area contributed by atoms with Gasteiger partial charge in [-0.25, -0.2) is 8.42 Å². The number of hydrogen-bond acceptors (Lipinski definition) is 3. The summed E-state index contributed by atoms with van der Waals surface area (Å²) in [7, 11) is -2.20. The van der Waals surface area contributed by atoms with Crippen molar-refractivity contribution in [1.82, 2.24) is 5.32 Å². The van der Waals surface area contributed by atoms with Crippen molar-refractivity contribution in [3.8, 4) is 0 Å². The van der Waals surface area contributed by atoms with Crippen molar-refractivity contribution in [2.45, 2.75) is 43.0 Å². The van der Waals surface area contributed by atoms with Crippen molar-refractivity contribution in [2.75, 3.05) is 11.4 Å². The van der Waals surface area contributed by atoms with Crippen molar-refractivity contribution in [3.63, 3.8) is 0 Å². The van der Waals surface area contributed by atoms with Gasteiger partial charge in [0.05, 0.1) is 10.6 Å². The van der Waals surface area contributed by atoms with Crippen LogP contribution in [0.15, 0.2) is 53.4 Å². The summed E-state index contributed by atoms with van der Waals surface area (Å²) in [6.07, 6.45) is 5.57. The number of carbonyl (C=O) groups excluding carboxylic acids is 1. The van der Waals surface area contributed by atoms with Crippen LogP contribution in [-0.4, -0.2) is 27.4 Å². The van der Waals surface area contributed by atoms with E-state index in [4.69, 9.17) is 11.6 Å². The van der Waals surface area contributed by atoms with Crippen molar-refractivity contribution < 1.29 is 13.2 Å². The van der Waals surface area contributed by atoms with Crippen LogP contribution in [-0.2, 0) is 10.0 Å². The topological polar surface area (TPSA) is 66.5 Å². The molecule has 0 saturated heterocycles. The fraction of sp³-hybridized carbons (Fsp3) is 0.350. The number of amides is 1. The zero-order valence-corrected chi connectivity index (χ0v) is 16.8. The Kier molecular flexibility index (Phi) is 6.07. The standard InChI is InChI=1S/C20H23ClN2O3S/c1-23(27(25,26)19-13-9-16(21)10-14-19)18-11-7-15(8-12-18)20(24)22-17-5-3-2-4-6-17/h7-14,17H,2-6H2,1H3,(H,22,24). The molecule has 144 valence electrons. The number of sulfonamides is 1. The quantitative estimate of drug-likeness (QED) is 0.808. The molecule has 0 spiro atoms. The molecule has 1 N–H and O–H groups in total. The van der Waals surface area contributed by atoms with E-state index >= 15 is 0 Å². The van der Waals surface area contributed by atoms with Crippen LogP contribution in [0.2, 0.25) is 5.02 Å². The van der Waals surface area contributed by atoms with Gasteiger partial charge in [0.2, 0.25) is 0 Å². The largest absolute Gasteiger partial charge is 0.349 e. The maximum Gasteiger partial charge on any atom is 0.264 e. The van der Waals surface area contributed by atoms with Gasteiger partial charge in [-0.2, -0.15) is 0 Å². The van der Waals surface area contributed by atoms with Crippen molar-refractivity contribution in [3.05, 3.63) is 59.1 Å². The molecule has 27 heavy (non-hydrogen) atoms. The molecule has 5 nitrogen and oxygen atoms in total. The molecule has 0 atom stereocenters. The summed E-state index contributed by atoms with van der Waals surface area (Å²) >= 11 is 5.83. The van der Waals surface area contributed by atoms with Crippen molar-refractivity contribution >= 4 is 33.2 Å². The summed E-state index contributed by atoms with van der Waals surface area (Å²) in [4.78, 5) is 12.5. The highest BCUT2D eigenvalue weighted by Crippen LogP contribution is 2.24. The average Bonchev–Trinajstić information content (AvgIpc) is 2.68. The molecule has 1 saturated carbocycles. The zero-order valence-electron chi connectivity index (χ0n) is 15.2. The minimum Gasteiger partial charge on any atom is -0.349 e. The summed E-state index contributed by atoms with van der Waals surface area (Å²) in [5, 5.41) is 3.54. The highest BCUT2D eigenvalue weighted by Gasteiger charge is 2.22. The molecule has 7 heteroatoms. The molecule has 1 aliphatic carbocycles. The van der Waals surface area contributed by atoms with Crippen LogP contribution in [0.1, 0.15) is 42.5 Å². The molecule has 0 aromatic heterocycles. The molecular weight excluding hydrogens is 384 g/mol. The highest BCUT2D eigenvalue weighted by molar-refractivity contribution is 7.92. The molecule has 3 rings (SSSR count). The fourth-order valence-electron chi connectivity index (χ4n) is 3.24. The monoisotopic (exact) mass is 406 g/mol. The minimum atomic E-state index is -3.69. The van der Waals surface area contributed by atoms with Gasteiger partial charge in [0.25, 0.3) is 15.9 Å². The van der Waals surface area contributed by atoms with Gasteiger partial charge in [-0.15, -0.1) is 0 Å². The lowest BCUT2D eigenvalue weighted by atomic mass is 9.95. The normalized spacial score (nSPS) is 15.3. The lowest BCUT2D eigenvalue weighted by Crippen LogP contribution is -2.36. The van der Waals surface area contributed by atoms with Gasteiger partial charge in [-0.1, -0.05) is 30.9 Å². The summed E-state index contributed by atoms with van der Waals surface area (Å²) in [6, 6.07) is 12.9. The SMILES string of the molecule is CN(c1ccc(C(=O)NC2CCCCC2)cc1)S(=O)(=O)c1ccc(Cl)cc1.